The van der Waals surface area contributed by atoms with E-state index in [1.165, 1.54) is 5.56 Å². The summed E-state index contributed by atoms with van der Waals surface area (Å²) in [5.74, 6) is 0.977. The third-order valence-corrected chi connectivity index (χ3v) is 6.40. The number of aromatic nitrogens is 2. The minimum absolute atomic E-state index is 0.0735. The summed E-state index contributed by atoms with van der Waals surface area (Å²) in [5, 5.41) is 5.38. The van der Waals surface area contributed by atoms with Gasteiger partial charge in [-0.05, 0) is 42.3 Å². The average Bonchev–Trinajstić information content (AvgIpc) is 3.13. The Morgan fingerprint density at radius 3 is 2.81 bits per heavy atom. The maximum Gasteiger partial charge on any atom is 0.253 e. The van der Waals surface area contributed by atoms with Gasteiger partial charge in [-0.2, -0.15) is 16.9 Å². The predicted molar refractivity (Wildman–Crippen MR) is 111 cm³/mol. The van der Waals surface area contributed by atoms with Crippen LogP contribution in [0.4, 0.5) is 0 Å². The Hall–Kier alpha value is -2.24. The summed E-state index contributed by atoms with van der Waals surface area (Å²) in [4.78, 5) is 15.0. The number of rotatable bonds is 3. The van der Waals surface area contributed by atoms with E-state index in [9.17, 15) is 4.79 Å². The molecule has 0 spiro atoms. The molecule has 0 aliphatic carbocycles. The van der Waals surface area contributed by atoms with Crippen LogP contribution in [0.3, 0.4) is 0 Å². The molecule has 27 heavy (non-hydrogen) atoms. The quantitative estimate of drug-likeness (QED) is 0.634. The fourth-order valence-electron chi connectivity index (χ4n) is 3.34. The van der Waals surface area contributed by atoms with E-state index < -0.39 is 0 Å². The van der Waals surface area contributed by atoms with Crippen LogP contribution in [0.5, 0.6) is 0 Å². The molecular formula is C21H20ClN3OS. The Balaban J connectivity index is 1.49. The van der Waals surface area contributed by atoms with Crippen molar-refractivity contribution in [2.75, 3.05) is 18.8 Å². The van der Waals surface area contributed by atoms with E-state index in [0.29, 0.717) is 10.8 Å². The molecule has 1 fully saturated rings. The van der Waals surface area contributed by atoms with Gasteiger partial charge in [-0.15, -0.1) is 0 Å². The highest BCUT2D eigenvalue weighted by atomic mass is 35.5. The SMILES string of the molecule is O=C(c1cccc(-n2cccn2)c1)N1CCSC(c2ccccc2Cl)CC1. The molecule has 1 amide bonds. The van der Waals surface area contributed by atoms with Crippen LogP contribution in [0.15, 0.2) is 67.0 Å². The largest absolute Gasteiger partial charge is 0.338 e. The van der Waals surface area contributed by atoms with E-state index in [1.54, 1.807) is 10.9 Å². The maximum atomic E-state index is 13.0. The molecular weight excluding hydrogens is 378 g/mol. The number of carbonyl (C=O) groups is 1. The van der Waals surface area contributed by atoms with Gasteiger partial charge in [0.05, 0.1) is 5.69 Å². The zero-order valence-corrected chi connectivity index (χ0v) is 16.4. The van der Waals surface area contributed by atoms with Crippen LogP contribution in [-0.2, 0) is 0 Å². The third kappa shape index (κ3) is 4.04. The van der Waals surface area contributed by atoms with Crippen molar-refractivity contribution >= 4 is 29.3 Å². The van der Waals surface area contributed by atoms with Gasteiger partial charge in [0.2, 0.25) is 0 Å². The fraction of sp³-hybridized carbons (Fsp3) is 0.238. The second kappa shape index (κ2) is 8.19. The number of carbonyl (C=O) groups excluding carboxylic acids is 1. The Bertz CT molecular complexity index is 929. The van der Waals surface area contributed by atoms with Crippen LogP contribution in [0.1, 0.15) is 27.6 Å². The van der Waals surface area contributed by atoms with E-state index in [-0.39, 0.29) is 5.91 Å². The molecule has 1 aromatic heterocycles. The zero-order valence-electron chi connectivity index (χ0n) is 14.8. The normalized spacial score (nSPS) is 17.5. The van der Waals surface area contributed by atoms with Gasteiger partial charge in [-0.3, -0.25) is 4.79 Å². The molecule has 1 unspecified atom stereocenters. The predicted octanol–water partition coefficient (Wildman–Crippen LogP) is 4.85. The van der Waals surface area contributed by atoms with Gasteiger partial charge >= 0.3 is 0 Å². The highest BCUT2D eigenvalue weighted by Gasteiger charge is 2.24. The Morgan fingerprint density at radius 1 is 1.11 bits per heavy atom. The molecule has 1 saturated heterocycles. The lowest BCUT2D eigenvalue weighted by Gasteiger charge is -2.21. The zero-order chi connectivity index (χ0) is 18.6. The molecule has 4 rings (SSSR count). The summed E-state index contributed by atoms with van der Waals surface area (Å²) in [6.45, 7) is 1.48. The standard InChI is InChI=1S/C21H20ClN3OS/c22-19-8-2-1-7-18(19)20-9-12-24(13-14-27-20)21(26)16-5-3-6-17(15-16)25-11-4-10-23-25/h1-8,10-11,15,20H,9,12-14H2. The van der Waals surface area contributed by atoms with E-state index >= 15 is 0 Å². The Labute approximate surface area is 168 Å². The molecule has 2 heterocycles. The van der Waals surface area contributed by atoms with Gasteiger partial charge in [-0.1, -0.05) is 35.9 Å². The van der Waals surface area contributed by atoms with Crippen molar-refractivity contribution in [1.82, 2.24) is 14.7 Å². The second-order valence-electron chi connectivity index (χ2n) is 6.46. The lowest BCUT2D eigenvalue weighted by Crippen LogP contribution is -2.33. The van der Waals surface area contributed by atoms with Crippen LogP contribution in [0, 0.1) is 0 Å². The van der Waals surface area contributed by atoms with Crippen molar-refractivity contribution in [1.29, 1.82) is 0 Å². The van der Waals surface area contributed by atoms with E-state index in [2.05, 4.69) is 11.2 Å². The summed E-state index contributed by atoms with van der Waals surface area (Å²) in [6.07, 6.45) is 4.51. The molecule has 138 valence electrons. The first-order chi connectivity index (χ1) is 13.2. The highest BCUT2D eigenvalue weighted by Crippen LogP contribution is 2.38. The third-order valence-electron chi connectivity index (χ3n) is 4.74. The molecule has 0 bridgehead atoms. The van der Waals surface area contributed by atoms with Crippen LogP contribution in [-0.4, -0.2) is 39.4 Å². The number of benzene rings is 2. The van der Waals surface area contributed by atoms with Gasteiger partial charge in [0.15, 0.2) is 0 Å². The topological polar surface area (TPSA) is 38.1 Å². The van der Waals surface area contributed by atoms with E-state index in [0.717, 1.165) is 36.0 Å². The molecule has 0 radical (unpaired) electrons. The van der Waals surface area contributed by atoms with Crippen molar-refractivity contribution in [3.63, 3.8) is 0 Å². The number of thioether (sulfide) groups is 1. The number of halogens is 1. The van der Waals surface area contributed by atoms with E-state index in [4.69, 9.17) is 11.6 Å². The molecule has 0 N–H and O–H groups in total. The number of nitrogens with zero attached hydrogens (tertiary/aromatic N) is 3. The molecule has 6 heteroatoms. The Kier molecular flexibility index (Phi) is 5.50. The molecule has 4 nitrogen and oxygen atoms in total. The summed E-state index contributed by atoms with van der Waals surface area (Å²) < 4.78 is 1.77. The van der Waals surface area contributed by atoms with Gasteiger partial charge in [0.1, 0.15) is 0 Å². The molecule has 1 atom stereocenters. The van der Waals surface area contributed by atoms with Crippen molar-refractivity contribution in [3.8, 4) is 5.69 Å². The van der Waals surface area contributed by atoms with Crippen LogP contribution in [0.2, 0.25) is 5.02 Å². The van der Waals surface area contributed by atoms with Gasteiger partial charge in [-0.25, -0.2) is 4.68 Å². The summed E-state index contributed by atoms with van der Waals surface area (Å²) >= 11 is 8.25. The fourth-order valence-corrected chi connectivity index (χ4v) is 4.94. The molecule has 2 aromatic carbocycles. The maximum absolute atomic E-state index is 13.0. The summed E-state index contributed by atoms with van der Waals surface area (Å²) in [7, 11) is 0. The lowest BCUT2D eigenvalue weighted by atomic mass is 10.1. The van der Waals surface area contributed by atoms with Gasteiger partial charge < -0.3 is 4.90 Å². The lowest BCUT2D eigenvalue weighted by molar-refractivity contribution is 0.0766. The highest BCUT2D eigenvalue weighted by molar-refractivity contribution is 7.99. The van der Waals surface area contributed by atoms with E-state index in [1.807, 2.05) is 71.4 Å². The number of amides is 1. The minimum atomic E-state index is 0.0735. The first-order valence-corrected chi connectivity index (χ1v) is 10.4. The molecule has 1 aliphatic heterocycles. The van der Waals surface area contributed by atoms with Crippen LogP contribution in [0.25, 0.3) is 5.69 Å². The Morgan fingerprint density at radius 2 is 2.00 bits per heavy atom. The minimum Gasteiger partial charge on any atom is -0.338 e. The van der Waals surface area contributed by atoms with Crippen molar-refractivity contribution in [2.24, 2.45) is 0 Å². The molecule has 1 aliphatic rings. The average molecular weight is 398 g/mol. The second-order valence-corrected chi connectivity index (χ2v) is 8.18. The first kappa shape index (κ1) is 18.1. The van der Waals surface area contributed by atoms with Gasteiger partial charge in [0, 0.05) is 47.1 Å². The van der Waals surface area contributed by atoms with Crippen LogP contribution < -0.4 is 0 Å². The van der Waals surface area contributed by atoms with Crippen LogP contribution >= 0.6 is 23.4 Å². The van der Waals surface area contributed by atoms with Crippen molar-refractivity contribution < 1.29 is 4.79 Å². The first-order valence-electron chi connectivity index (χ1n) is 8.98. The number of hydrogen-bond donors (Lipinski definition) is 0. The summed E-state index contributed by atoms with van der Waals surface area (Å²) in [5.41, 5.74) is 2.76. The van der Waals surface area contributed by atoms with Crippen molar-refractivity contribution in [2.45, 2.75) is 11.7 Å². The smallest absolute Gasteiger partial charge is 0.253 e. The van der Waals surface area contributed by atoms with Crippen molar-refractivity contribution in [3.05, 3.63) is 83.1 Å². The number of hydrogen-bond acceptors (Lipinski definition) is 3. The summed E-state index contributed by atoms with van der Waals surface area (Å²) in [6, 6.07) is 17.5. The monoisotopic (exact) mass is 397 g/mol. The van der Waals surface area contributed by atoms with Gasteiger partial charge in [0.25, 0.3) is 5.91 Å². The molecule has 0 saturated carbocycles. The molecule has 3 aromatic rings.